The summed E-state index contributed by atoms with van der Waals surface area (Å²) >= 11 is 5.20. The molecule has 0 saturated heterocycles. The summed E-state index contributed by atoms with van der Waals surface area (Å²) < 4.78 is 10.3. The molecular weight excluding hydrogens is 228 g/mol. The number of hydrogen-bond acceptors (Lipinski definition) is 3. The van der Waals surface area contributed by atoms with Crippen LogP contribution in [0.15, 0.2) is 0 Å². The molecule has 0 bridgehead atoms. The molecule has 0 heterocycles. The molecule has 4 heteroatoms. The van der Waals surface area contributed by atoms with Gasteiger partial charge in [0.1, 0.15) is 0 Å². The number of ether oxygens (including phenoxy) is 2. The molecule has 0 aromatic carbocycles. The Hall–Kier alpha value is -0.120. The first-order chi connectivity index (χ1) is 7.77. The fourth-order valence-corrected chi connectivity index (χ4v) is 1.53. The van der Waals surface area contributed by atoms with Crippen LogP contribution in [0.25, 0.3) is 0 Å². The van der Waals surface area contributed by atoms with Crippen molar-refractivity contribution >= 4 is 16.8 Å². The highest BCUT2D eigenvalue weighted by Crippen LogP contribution is 2.03. The van der Waals surface area contributed by atoms with Gasteiger partial charge in [-0.05, 0) is 30.9 Å². The van der Waals surface area contributed by atoms with E-state index < -0.39 is 0 Å². The molecule has 0 amide bonds. The largest absolute Gasteiger partial charge is 0.385 e. The Morgan fingerprint density at radius 1 is 0.938 bits per heavy atom. The van der Waals surface area contributed by atoms with Crippen LogP contribution >= 0.6 is 11.6 Å². The summed E-state index contributed by atoms with van der Waals surface area (Å²) in [6, 6.07) is 0. The minimum Gasteiger partial charge on any atom is -0.385 e. The first-order valence-electron chi connectivity index (χ1n) is 6.02. The van der Waals surface area contributed by atoms with Gasteiger partial charge in [0.25, 0.3) is 0 Å². The van der Waals surface area contributed by atoms with Crippen molar-refractivity contribution in [1.82, 2.24) is 0 Å². The third kappa shape index (κ3) is 13.9. The molecule has 0 saturated carbocycles. The van der Waals surface area contributed by atoms with Gasteiger partial charge in [-0.2, -0.15) is 0 Å². The maximum absolute atomic E-state index is 10.4. The van der Waals surface area contributed by atoms with Crippen LogP contribution in [0.5, 0.6) is 0 Å². The van der Waals surface area contributed by atoms with Gasteiger partial charge in [0, 0.05) is 33.4 Å². The molecule has 0 N–H and O–H groups in total. The first-order valence-corrected chi connectivity index (χ1v) is 6.40. The van der Waals surface area contributed by atoms with Gasteiger partial charge >= 0.3 is 0 Å². The molecule has 0 aromatic heterocycles. The van der Waals surface area contributed by atoms with Crippen molar-refractivity contribution in [3.63, 3.8) is 0 Å². The van der Waals surface area contributed by atoms with Crippen LogP contribution in [0.1, 0.15) is 44.9 Å². The van der Waals surface area contributed by atoms with Crippen LogP contribution < -0.4 is 0 Å². The molecule has 0 unspecified atom stereocenters. The first kappa shape index (κ1) is 15.9. The van der Waals surface area contributed by atoms with E-state index in [9.17, 15) is 4.79 Å². The lowest BCUT2D eigenvalue weighted by Gasteiger charge is -2.03. The molecule has 96 valence electrons. The van der Waals surface area contributed by atoms with Crippen molar-refractivity contribution in [1.29, 1.82) is 0 Å². The summed E-state index contributed by atoms with van der Waals surface area (Å²) in [5.74, 6) is 0. The third-order valence-electron chi connectivity index (χ3n) is 2.30. The Labute approximate surface area is 103 Å². The van der Waals surface area contributed by atoms with Gasteiger partial charge in [-0.3, -0.25) is 4.79 Å². The number of unbranched alkanes of at least 4 members (excludes halogenated alkanes) is 4. The van der Waals surface area contributed by atoms with E-state index in [0.29, 0.717) is 13.0 Å². The zero-order valence-corrected chi connectivity index (χ0v) is 10.9. The molecular formula is C12H23ClO3. The van der Waals surface area contributed by atoms with E-state index >= 15 is 0 Å². The van der Waals surface area contributed by atoms with Crippen LogP contribution in [0.2, 0.25) is 0 Å². The van der Waals surface area contributed by atoms with Gasteiger partial charge in [0.2, 0.25) is 5.24 Å². The second kappa shape index (κ2) is 12.9. The Morgan fingerprint density at radius 2 is 1.50 bits per heavy atom. The fourth-order valence-electron chi connectivity index (χ4n) is 1.40. The highest BCUT2D eigenvalue weighted by molar-refractivity contribution is 6.63. The Bertz CT molecular complexity index is 162. The summed E-state index contributed by atoms with van der Waals surface area (Å²) in [6.45, 7) is 2.30. The van der Waals surface area contributed by atoms with Crippen molar-refractivity contribution in [3.05, 3.63) is 0 Å². The molecule has 0 fully saturated rings. The van der Waals surface area contributed by atoms with Gasteiger partial charge in [0.15, 0.2) is 0 Å². The van der Waals surface area contributed by atoms with E-state index in [1.165, 1.54) is 19.3 Å². The predicted octanol–water partition coefficient (Wildman–Crippen LogP) is 3.15. The molecule has 0 spiro atoms. The van der Waals surface area contributed by atoms with Gasteiger partial charge in [-0.15, -0.1) is 0 Å². The Morgan fingerprint density at radius 3 is 2.12 bits per heavy atom. The van der Waals surface area contributed by atoms with Crippen molar-refractivity contribution < 1.29 is 14.3 Å². The minimum absolute atomic E-state index is 0.276. The van der Waals surface area contributed by atoms with Gasteiger partial charge in [-0.25, -0.2) is 0 Å². The minimum atomic E-state index is -0.276. The van der Waals surface area contributed by atoms with Crippen molar-refractivity contribution in [2.75, 3.05) is 26.9 Å². The highest BCUT2D eigenvalue weighted by atomic mass is 35.5. The third-order valence-corrected chi connectivity index (χ3v) is 2.49. The van der Waals surface area contributed by atoms with Crippen molar-refractivity contribution in [3.8, 4) is 0 Å². The summed E-state index contributed by atoms with van der Waals surface area (Å²) in [7, 11) is 1.74. The zero-order chi connectivity index (χ0) is 12.1. The molecule has 0 rings (SSSR count). The van der Waals surface area contributed by atoms with Crippen LogP contribution in [0.3, 0.4) is 0 Å². The molecule has 0 aliphatic rings. The Kier molecular flexibility index (Phi) is 12.9. The number of hydrogen-bond donors (Lipinski definition) is 0. The van der Waals surface area contributed by atoms with Crippen molar-refractivity contribution in [2.45, 2.75) is 44.9 Å². The zero-order valence-electron chi connectivity index (χ0n) is 10.2. The molecule has 0 radical (unpaired) electrons. The number of rotatable bonds is 12. The van der Waals surface area contributed by atoms with Gasteiger partial charge < -0.3 is 9.47 Å². The number of methoxy groups -OCH3 is 1. The number of halogens is 1. The van der Waals surface area contributed by atoms with E-state index in [1.54, 1.807) is 7.11 Å². The lowest BCUT2D eigenvalue weighted by atomic mass is 10.1. The van der Waals surface area contributed by atoms with Crippen LogP contribution in [-0.4, -0.2) is 32.2 Å². The monoisotopic (exact) mass is 250 g/mol. The Balaban J connectivity index is 2.90. The number of carbonyl (C=O) groups is 1. The van der Waals surface area contributed by atoms with Gasteiger partial charge in [0.05, 0.1) is 0 Å². The molecule has 0 aromatic rings. The summed E-state index contributed by atoms with van der Waals surface area (Å²) in [5, 5.41) is -0.276. The predicted molar refractivity (Wildman–Crippen MR) is 65.9 cm³/mol. The lowest BCUT2D eigenvalue weighted by molar-refractivity contribution is -0.112. The molecule has 3 nitrogen and oxygen atoms in total. The van der Waals surface area contributed by atoms with E-state index in [1.807, 2.05) is 0 Å². The van der Waals surface area contributed by atoms with E-state index in [4.69, 9.17) is 21.1 Å². The van der Waals surface area contributed by atoms with E-state index in [0.717, 1.165) is 32.5 Å². The van der Waals surface area contributed by atoms with Gasteiger partial charge in [-0.1, -0.05) is 19.3 Å². The molecule has 16 heavy (non-hydrogen) atoms. The lowest BCUT2D eigenvalue weighted by Crippen LogP contribution is -1.99. The van der Waals surface area contributed by atoms with Crippen LogP contribution in [0, 0.1) is 0 Å². The maximum atomic E-state index is 10.4. The van der Waals surface area contributed by atoms with E-state index in [2.05, 4.69) is 0 Å². The van der Waals surface area contributed by atoms with E-state index in [-0.39, 0.29) is 5.24 Å². The summed E-state index contributed by atoms with van der Waals surface area (Å²) in [5.41, 5.74) is 0. The second-order valence-electron chi connectivity index (χ2n) is 3.83. The number of carbonyl (C=O) groups excluding carboxylic acids is 1. The second-order valence-corrected chi connectivity index (χ2v) is 4.25. The van der Waals surface area contributed by atoms with Crippen LogP contribution in [0.4, 0.5) is 0 Å². The summed E-state index contributed by atoms with van der Waals surface area (Å²) in [4.78, 5) is 10.4. The highest BCUT2D eigenvalue weighted by Gasteiger charge is 1.96. The van der Waals surface area contributed by atoms with Crippen molar-refractivity contribution in [2.24, 2.45) is 0 Å². The smallest absolute Gasteiger partial charge is 0.221 e. The molecule has 0 aliphatic carbocycles. The average molecular weight is 251 g/mol. The topological polar surface area (TPSA) is 35.5 Å². The molecule has 0 atom stereocenters. The molecule has 0 aliphatic heterocycles. The average Bonchev–Trinajstić information content (AvgIpc) is 2.25. The SMILES string of the molecule is COCCCCCCCOCCCC(=O)Cl. The normalized spacial score (nSPS) is 10.6. The maximum Gasteiger partial charge on any atom is 0.221 e. The standard InChI is InChI=1S/C12H23ClO3/c1-15-9-5-3-2-4-6-10-16-11-7-8-12(13)14/h2-11H2,1H3. The van der Waals surface area contributed by atoms with Crippen LogP contribution in [-0.2, 0) is 14.3 Å². The quantitative estimate of drug-likeness (QED) is 0.394. The fraction of sp³-hybridized carbons (Fsp3) is 0.917. The summed E-state index contributed by atoms with van der Waals surface area (Å²) in [6.07, 6.45) is 7.07.